The summed E-state index contributed by atoms with van der Waals surface area (Å²) in [5, 5.41) is 10.1. The molecule has 1 aliphatic rings. The topological polar surface area (TPSA) is 62.1 Å². The maximum Gasteiger partial charge on any atom is 0.250 e. The fraction of sp³-hybridized carbons (Fsp3) is 0.750. The van der Waals surface area contributed by atoms with Gasteiger partial charge in [0.2, 0.25) is 9.74 Å². The van der Waals surface area contributed by atoms with E-state index in [4.69, 9.17) is 34.8 Å². The smallest absolute Gasteiger partial charge is 0.250 e. The summed E-state index contributed by atoms with van der Waals surface area (Å²) in [6.07, 6.45) is 3.34. The third-order valence-electron chi connectivity index (χ3n) is 3.06. The van der Waals surface area contributed by atoms with Gasteiger partial charge in [-0.2, -0.15) is 9.97 Å². The second-order valence-corrected chi connectivity index (χ2v) is 7.67. The van der Waals surface area contributed by atoms with Crippen molar-refractivity contribution in [1.82, 2.24) is 15.0 Å². The zero-order valence-electron chi connectivity index (χ0n) is 11.4. The van der Waals surface area contributed by atoms with Gasteiger partial charge < -0.3 is 10.0 Å². The summed E-state index contributed by atoms with van der Waals surface area (Å²) in [6, 6.07) is 0. The Morgan fingerprint density at radius 3 is 2.00 bits per heavy atom. The molecule has 0 radical (unpaired) electrons. The minimum atomic E-state index is -1.74. The number of piperidine rings is 1. The first-order valence-corrected chi connectivity index (χ1v) is 7.62. The lowest BCUT2D eigenvalue weighted by Crippen LogP contribution is -2.33. The fourth-order valence-corrected chi connectivity index (χ4v) is 2.25. The quantitative estimate of drug-likeness (QED) is 0.839. The predicted molar refractivity (Wildman–Crippen MR) is 80.4 cm³/mol. The van der Waals surface area contributed by atoms with Crippen molar-refractivity contribution < 1.29 is 5.11 Å². The van der Waals surface area contributed by atoms with E-state index in [1.165, 1.54) is 6.42 Å². The molecule has 0 atom stereocenters. The molecule has 2 heterocycles. The standard InChI is InChI=1S/C12H17Cl3N4O/c1-11(2,20)8-16-9(12(13,14)15)18-10(17-8)19-6-4-3-5-7-19/h20H,3-7H2,1-2H3. The minimum absolute atomic E-state index is 0.0372. The predicted octanol–water partition coefficient (Wildman–Crippen LogP) is 2.92. The third kappa shape index (κ3) is 3.85. The molecule has 1 fully saturated rings. The Balaban J connectivity index is 2.45. The van der Waals surface area contributed by atoms with Crippen LogP contribution in [0, 0.1) is 0 Å². The Hall–Kier alpha value is -0.360. The molecular formula is C12H17Cl3N4O. The van der Waals surface area contributed by atoms with Crippen LogP contribution in [-0.2, 0) is 9.39 Å². The van der Waals surface area contributed by atoms with Crippen LogP contribution in [0.25, 0.3) is 0 Å². The number of hydrogen-bond donors (Lipinski definition) is 1. The van der Waals surface area contributed by atoms with Crippen molar-refractivity contribution in [2.24, 2.45) is 0 Å². The lowest BCUT2D eigenvalue weighted by Gasteiger charge is -2.28. The van der Waals surface area contributed by atoms with Crippen LogP contribution in [0.5, 0.6) is 0 Å². The largest absolute Gasteiger partial charge is 0.382 e. The highest BCUT2D eigenvalue weighted by Crippen LogP contribution is 2.37. The summed E-state index contributed by atoms with van der Waals surface area (Å²) in [5.74, 6) is 0.697. The first kappa shape index (κ1) is 16.0. The lowest BCUT2D eigenvalue weighted by molar-refractivity contribution is 0.0682. The Labute approximate surface area is 133 Å². The summed E-state index contributed by atoms with van der Waals surface area (Å²) in [4.78, 5) is 14.7. The third-order valence-corrected chi connectivity index (χ3v) is 3.57. The number of aromatic nitrogens is 3. The van der Waals surface area contributed by atoms with E-state index in [2.05, 4.69) is 15.0 Å². The number of nitrogens with zero attached hydrogens (tertiary/aromatic N) is 4. The minimum Gasteiger partial charge on any atom is -0.382 e. The summed E-state index contributed by atoms with van der Waals surface area (Å²) >= 11 is 17.6. The molecule has 0 saturated carbocycles. The van der Waals surface area contributed by atoms with E-state index in [9.17, 15) is 5.11 Å². The van der Waals surface area contributed by atoms with E-state index in [1.54, 1.807) is 13.8 Å². The molecule has 0 aliphatic carbocycles. The molecule has 0 unspecified atom stereocenters. The molecule has 1 aromatic heterocycles. The molecule has 1 aliphatic heterocycles. The second-order valence-electron chi connectivity index (χ2n) is 5.39. The number of aliphatic hydroxyl groups is 1. The highest BCUT2D eigenvalue weighted by molar-refractivity contribution is 6.66. The Bertz CT molecular complexity index is 446. The molecule has 0 aromatic carbocycles. The SMILES string of the molecule is CC(C)(O)c1nc(N2CCCCC2)nc(C(Cl)(Cl)Cl)n1. The molecule has 8 heteroatoms. The summed E-state index contributed by atoms with van der Waals surface area (Å²) in [7, 11) is 0. The van der Waals surface area contributed by atoms with Crippen molar-refractivity contribution in [3.05, 3.63) is 11.6 Å². The summed E-state index contributed by atoms with van der Waals surface area (Å²) < 4.78 is -1.74. The molecule has 0 spiro atoms. The average Bonchev–Trinajstić information content (AvgIpc) is 2.37. The van der Waals surface area contributed by atoms with Crippen LogP contribution in [0.2, 0.25) is 0 Å². The first-order chi connectivity index (χ1) is 9.18. The van der Waals surface area contributed by atoms with Crippen molar-refractivity contribution >= 4 is 40.8 Å². The zero-order valence-corrected chi connectivity index (χ0v) is 13.7. The summed E-state index contributed by atoms with van der Waals surface area (Å²) in [6.45, 7) is 4.89. The monoisotopic (exact) mass is 338 g/mol. The number of hydrogen-bond acceptors (Lipinski definition) is 5. The molecule has 1 saturated heterocycles. The number of anilines is 1. The van der Waals surface area contributed by atoms with Crippen molar-refractivity contribution in [3.8, 4) is 0 Å². The van der Waals surface area contributed by atoms with Crippen LogP contribution >= 0.6 is 34.8 Å². The highest BCUT2D eigenvalue weighted by atomic mass is 35.6. The van der Waals surface area contributed by atoms with Gasteiger partial charge in [-0.25, -0.2) is 4.98 Å². The van der Waals surface area contributed by atoms with Crippen LogP contribution in [0.15, 0.2) is 0 Å². The van der Waals surface area contributed by atoms with Gasteiger partial charge >= 0.3 is 0 Å². The average molecular weight is 340 g/mol. The van der Waals surface area contributed by atoms with E-state index in [0.29, 0.717) is 5.95 Å². The van der Waals surface area contributed by atoms with Gasteiger partial charge in [-0.05, 0) is 33.1 Å². The Kier molecular flexibility index (Phi) is 4.64. The molecule has 1 aromatic rings. The van der Waals surface area contributed by atoms with Gasteiger partial charge in [-0.1, -0.05) is 34.8 Å². The van der Waals surface area contributed by atoms with Gasteiger partial charge in [-0.15, -0.1) is 0 Å². The first-order valence-electron chi connectivity index (χ1n) is 6.49. The van der Waals surface area contributed by atoms with E-state index >= 15 is 0 Å². The molecule has 0 bridgehead atoms. The molecular weight excluding hydrogens is 323 g/mol. The van der Waals surface area contributed by atoms with Gasteiger partial charge in [0.15, 0.2) is 11.6 Å². The van der Waals surface area contributed by atoms with Crippen LogP contribution < -0.4 is 4.90 Å². The Morgan fingerprint density at radius 2 is 1.50 bits per heavy atom. The van der Waals surface area contributed by atoms with Gasteiger partial charge in [0, 0.05) is 13.1 Å². The van der Waals surface area contributed by atoms with Crippen LogP contribution in [-0.4, -0.2) is 33.1 Å². The van der Waals surface area contributed by atoms with E-state index in [-0.39, 0.29) is 11.6 Å². The fourth-order valence-electron chi connectivity index (χ4n) is 2.00. The molecule has 0 amide bonds. The lowest BCUT2D eigenvalue weighted by atomic mass is 10.1. The molecule has 1 N–H and O–H groups in total. The second kappa shape index (κ2) is 5.79. The van der Waals surface area contributed by atoms with Gasteiger partial charge in [0.25, 0.3) is 0 Å². The molecule has 20 heavy (non-hydrogen) atoms. The van der Waals surface area contributed by atoms with E-state index < -0.39 is 9.39 Å². The zero-order chi connectivity index (χ0) is 15.0. The van der Waals surface area contributed by atoms with Crippen LogP contribution in [0.3, 0.4) is 0 Å². The number of alkyl halides is 3. The maximum atomic E-state index is 10.1. The van der Waals surface area contributed by atoms with Crippen molar-refractivity contribution in [1.29, 1.82) is 0 Å². The van der Waals surface area contributed by atoms with Crippen molar-refractivity contribution in [3.63, 3.8) is 0 Å². The van der Waals surface area contributed by atoms with Gasteiger partial charge in [0.1, 0.15) is 5.60 Å². The summed E-state index contributed by atoms with van der Waals surface area (Å²) in [5.41, 5.74) is -1.22. The number of rotatable bonds is 2. The van der Waals surface area contributed by atoms with Crippen molar-refractivity contribution in [2.75, 3.05) is 18.0 Å². The van der Waals surface area contributed by atoms with Gasteiger partial charge in [0.05, 0.1) is 0 Å². The Morgan fingerprint density at radius 1 is 0.950 bits per heavy atom. The normalized spacial score (nSPS) is 17.4. The van der Waals surface area contributed by atoms with Crippen molar-refractivity contribution in [2.45, 2.75) is 42.5 Å². The highest BCUT2D eigenvalue weighted by Gasteiger charge is 2.32. The molecule has 5 nitrogen and oxygen atoms in total. The van der Waals surface area contributed by atoms with Gasteiger partial charge in [-0.3, -0.25) is 0 Å². The molecule has 112 valence electrons. The van der Waals surface area contributed by atoms with Crippen LogP contribution in [0.1, 0.15) is 44.8 Å². The maximum absolute atomic E-state index is 10.1. The van der Waals surface area contributed by atoms with Crippen LogP contribution in [0.4, 0.5) is 5.95 Å². The van der Waals surface area contributed by atoms with E-state index in [0.717, 1.165) is 25.9 Å². The molecule has 2 rings (SSSR count). The van der Waals surface area contributed by atoms with E-state index in [1.807, 2.05) is 4.90 Å². The number of halogens is 3.